The number of nitro benzene ring substituents is 1. The van der Waals surface area contributed by atoms with E-state index in [0.29, 0.717) is 25.9 Å². The third kappa shape index (κ3) is 3.73. The second-order valence-corrected chi connectivity index (χ2v) is 5.62. The van der Waals surface area contributed by atoms with Crippen molar-refractivity contribution in [3.63, 3.8) is 0 Å². The molecule has 0 unspecified atom stereocenters. The summed E-state index contributed by atoms with van der Waals surface area (Å²) < 4.78 is 0. The van der Waals surface area contributed by atoms with Gasteiger partial charge in [-0.05, 0) is 25.0 Å². The van der Waals surface area contributed by atoms with Crippen molar-refractivity contribution in [3.05, 3.63) is 33.3 Å². The summed E-state index contributed by atoms with van der Waals surface area (Å²) in [5.41, 5.74) is -0.101. The molecular formula is C14H16ClN3O4. The van der Waals surface area contributed by atoms with E-state index in [-0.39, 0.29) is 34.1 Å². The van der Waals surface area contributed by atoms with Crippen LogP contribution in [0.4, 0.5) is 11.4 Å². The number of hydrogen-bond donors (Lipinski definition) is 1. The number of amides is 2. The summed E-state index contributed by atoms with van der Waals surface area (Å²) in [6, 6.07) is 4.11. The molecule has 1 aliphatic heterocycles. The molecule has 8 heteroatoms. The molecule has 1 N–H and O–H groups in total. The minimum Gasteiger partial charge on any atom is -0.343 e. The summed E-state index contributed by atoms with van der Waals surface area (Å²) >= 11 is 5.74. The van der Waals surface area contributed by atoms with E-state index in [1.54, 1.807) is 4.90 Å². The zero-order valence-corrected chi connectivity index (χ0v) is 12.8. The van der Waals surface area contributed by atoms with Crippen LogP contribution < -0.4 is 5.32 Å². The molecule has 118 valence electrons. The number of hydrogen-bond acceptors (Lipinski definition) is 4. The molecule has 1 heterocycles. The normalized spacial score (nSPS) is 15.5. The van der Waals surface area contributed by atoms with Gasteiger partial charge in [-0.3, -0.25) is 19.7 Å². The van der Waals surface area contributed by atoms with E-state index in [9.17, 15) is 19.7 Å². The Morgan fingerprint density at radius 2 is 2.00 bits per heavy atom. The SMILES string of the molecule is CC(=O)N1CCC(C(=O)Nc2ccc(Cl)cc2[N+](=O)[O-])CC1. The minimum absolute atomic E-state index is 0.00722. The fraction of sp³-hybridized carbons (Fsp3) is 0.429. The van der Waals surface area contributed by atoms with Crippen molar-refractivity contribution < 1.29 is 14.5 Å². The van der Waals surface area contributed by atoms with Crippen molar-refractivity contribution in [2.45, 2.75) is 19.8 Å². The molecule has 0 saturated carbocycles. The summed E-state index contributed by atoms with van der Waals surface area (Å²) in [6.45, 7) is 2.55. The van der Waals surface area contributed by atoms with Crippen LogP contribution in [0.5, 0.6) is 0 Å². The fourth-order valence-electron chi connectivity index (χ4n) is 2.45. The van der Waals surface area contributed by atoms with Crippen LogP contribution in [0.1, 0.15) is 19.8 Å². The molecule has 1 saturated heterocycles. The molecule has 7 nitrogen and oxygen atoms in total. The van der Waals surface area contributed by atoms with Gasteiger partial charge in [-0.1, -0.05) is 11.6 Å². The predicted octanol–water partition coefficient (Wildman–Crippen LogP) is 2.45. The minimum atomic E-state index is -0.583. The smallest absolute Gasteiger partial charge is 0.294 e. The highest BCUT2D eigenvalue weighted by Gasteiger charge is 2.27. The lowest BCUT2D eigenvalue weighted by Gasteiger charge is -2.30. The van der Waals surface area contributed by atoms with Gasteiger partial charge in [-0.15, -0.1) is 0 Å². The van der Waals surface area contributed by atoms with Gasteiger partial charge in [0, 0.05) is 37.0 Å². The van der Waals surface area contributed by atoms with Crippen molar-refractivity contribution >= 4 is 34.8 Å². The van der Waals surface area contributed by atoms with Crippen LogP contribution in [0, 0.1) is 16.0 Å². The number of nitrogens with zero attached hydrogens (tertiary/aromatic N) is 2. The van der Waals surface area contributed by atoms with Crippen molar-refractivity contribution in [2.75, 3.05) is 18.4 Å². The lowest BCUT2D eigenvalue weighted by Crippen LogP contribution is -2.40. The first-order chi connectivity index (χ1) is 10.4. The number of nitro groups is 1. The maximum atomic E-state index is 12.2. The highest BCUT2D eigenvalue weighted by atomic mass is 35.5. The molecule has 2 amide bonds. The number of carbonyl (C=O) groups excluding carboxylic acids is 2. The Kier molecular flexibility index (Phi) is 4.97. The van der Waals surface area contributed by atoms with Gasteiger partial charge in [0.05, 0.1) is 4.92 Å². The molecular weight excluding hydrogens is 310 g/mol. The summed E-state index contributed by atoms with van der Waals surface area (Å²) in [5, 5.41) is 13.8. The van der Waals surface area contributed by atoms with Gasteiger partial charge in [-0.2, -0.15) is 0 Å². The fourth-order valence-corrected chi connectivity index (χ4v) is 2.62. The molecule has 0 atom stereocenters. The van der Waals surface area contributed by atoms with Gasteiger partial charge >= 0.3 is 0 Å². The second-order valence-electron chi connectivity index (χ2n) is 5.19. The summed E-state index contributed by atoms with van der Waals surface area (Å²) in [7, 11) is 0. The molecule has 0 spiro atoms. The average Bonchev–Trinajstić information content (AvgIpc) is 2.48. The standard InChI is InChI=1S/C14H16ClN3O4/c1-9(19)17-6-4-10(5-7-17)14(20)16-12-3-2-11(15)8-13(12)18(21)22/h2-3,8,10H,4-7H2,1H3,(H,16,20). The number of rotatable bonds is 3. The first kappa shape index (κ1) is 16.2. The zero-order valence-electron chi connectivity index (χ0n) is 12.0. The second kappa shape index (κ2) is 6.74. The molecule has 1 fully saturated rings. The predicted molar refractivity (Wildman–Crippen MR) is 81.7 cm³/mol. The summed E-state index contributed by atoms with van der Waals surface area (Å²) in [6.07, 6.45) is 1.10. The van der Waals surface area contributed by atoms with E-state index >= 15 is 0 Å². The molecule has 1 aromatic rings. The van der Waals surface area contributed by atoms with E-state index in [1.165, 1.54) is 25.1 Å². The Hall–Kier alpha value is -2.15. The van der Waals surface area contributed by atoms with Crippen LogP contribution in [-0.2, 0) is 9.59 Å². The molecule has 0 aliphatic carbocycles. The highest BCUT2D eigenvalue weighted by Crippen LogP contribution is 2.29. The van der Waals surface area contributed by atoms with Gasteiger partial charge in [0.2, 0.25) is 11.8 Å². The first-order valence-electron chi connectivity index (χ1n) is 6.89. The summed E-state index contributed by atoms with van der Waals surface area (Å²) in [4.78, 5) is 35.6. The zero-order chi connectivity index (χ0) is 16.3. The Morgan fingerprint density at radius 1 is 1.36 bits per heavy atom. The quantitative estimate of drug-likeness (QED) is 0.682. The molecule has 0 radical (unpaired) electrons. The van der Waals surface area contributed by atoms with Crippen LogP contribution in [-0.4, -0.2) is 34.7 Å². The Morgan fingerprint density at radius 3 is 2.55 bits per heavy atom. The highest BCUT2D eigenvalue weighted by molar-refractivity contribution is 6.31. The molecule has 2 rings (SSSR count). The van der Waals surface area contributed by atoms with E-state index in [1.807, 2.05) is 0 Å². The number of benzene rings is 1. The average molecular weight is 326 g/mol. The van der Waals surface area contributed by atoms with Crippen LogP contribution in [0.25, 0.3) is 0 Å². The van der Waals surface area contributed by atoms with Crippen molar-refractivity contribution in [1.82, 2.24) is 4.90 Å². The van der Waals surface area contributed by atoms with E-state index < -0.39 is 4.92 Å². The van der Waals surface area contributed by atoms with E-state index in [0.717, 1.165) is 0 Å². The third-order valence-electron chi connectivity index (χ3n) is 3.73. The number of nitrogens with one attached hydrogen (secondary N) is 1. The van der Waals surface area contributed by atoms with Crippen molar-refractivity contribution in [2.24, 2.45) is 5.92 Å². The van der Waals surface area contributed by atoms with Crippen LogP contribution >= 0.6 is 11.6 Å². The third-order valence-corrected chi connectivity index (χ3v) is 3.96. The van der Waals surface area contributed by atoms with Gasteiger partial charge in [-0.25, -0.2) is 0 Å². The number of piperidine rings is 1. The Balaban J connectivity index is 2.04. The number of likely N-dealkylation sites (tertiary alicyclic amines) is 1. The topological polar surface area (TPSA) is 92.6 Å². The first-order valence-corrected chi connectivity index (χ1v) is 7.26. The van der Waals surface area contributed by atoms with Crippen molar-refractivity contribution in [3.8, 4) is 0 Å². The molecule has 1 aliphatic rings. The van der Waals surface area contributed by atoms with Gasteiger partial charge < -0.3 is 10.2 Å². The van der Waals surface area contributed by atoms with Gasteiger partial charge in [0.15, 0.2) is 0 Å². The lowest BCUT2D eigenvalue weighted by molar-refractivity contribution is -0.383. The van der Waals surface area contributed by atoms with Gasteiger partial charge in [0.1, 0.15) is 5.69 Å². The number of anilines is 1. The Labute approximate surface area is 132 Å². The van der Waals surface area contributed by atoms with Crippen LogP contribution in [0.3, 0.4) is 0 Å². The maximum Gasteiger partial charge on any atom is 0.294 e. The number of carbonyl (C=O) groups is 2. The maximum absolute atomic E-state index is 12.2. The largest absolute Gasteiger partial charge is 0.343 e. The van der Waals surface area contributed by atoms with Crippen molar-refractivity contribution in [1.29, 1.82) is 0 Å². The Bertz CT molecular complexity index is 612. The summed E-state index contributed by atoms with van der Waals surface area (Å²) in [5.74, 6) is -0.535. The monoisotopic (exact) mass is 325 g/mol. The van der Waals surface area contributed by atoms with E-state index in [2.05, 4.69) is 5.32 Å². The number of halogens is 1. The van der Waals surface area contributed by atoms with Crippen LogP contribution in [0.2, 0.25) is 5.02 Å². The molecule has 22 heavy (non-hydrogen) atoms. The molecule has 0 aromatic heterocycles. The van der Waals surface area contributed by atoms with Gasteiger partial charge in [0.25, 0.3) is 5.69 Å². The van der Waals surface area contributed by atoms with E-state index in [4.69, 9.17) is 11.6 Å². The molecule has 1 aromatic carbocycles. The van der Waals surface area contributed by atoms with Crippen LogP contribution in [0.15, 0.2) is 18.2 Å². The molecule has 0 bridgehead atoms. The lowest BCUT2D eigenvalue weighted by atomic mass is 9.95.